The number of nitrogens with two attached hydrogens (primary N) is 3. The monoisotopic (exact) mass is 367 g/mol. The fourth-order valence-electron chi connectivity index (χ4n) is 2.69. The maximum Gasteiger partial charge on any atom is 0.260 e. The van der Waals surface area contributed by atoms with E-state index in [-0.39, 0.29) is 21.9 Å². The first-order valence-electron chi connectivity index (χ1n) is 6.95. The van der Waals surface area contributed by atoms with E-state index >= 15 is 0 Å². The van der Waals surface area contributed by atoms with Gasteiger partial charge in [-0.3, -0.25) is 4.79 Å². The molecule has 4 aromatic rings. The molecule has 1 amide bonds. The zero-order chi connectivity index (χ0) is 17.7. The number of nitrogen functional groups attached to an aromatic ring is 2. The van der Waals surface area contributed by atoms with Crippen LogP contribution in [0.25, 0.3) is 32.4 Å². The lowest BCUT2D eigenvalue weighted by Gasteiger charge is -2.09. The van der Waals surface area contributed by atoms with E-state index in [1.165, 1.54) is 0 Å². The second-order valence-electron chi connectivity index (χ2n) is 5.22. The van der Waals surface area contributed by atoms with Crippen LogP contribution in [0.1, 0.15) is 15.2 Å². The van der Waals surface area contributed by atoms with Gasteiger partial charge in [0.1, 0.15) is 38.2 Å². The van der Waals surface area contributed by atoms with Crippen molar-refractivity contribution >= 4 is 61.7 Å². The highest BCUT2D eigenvalue weighted by Gasteiger charge is 2.23. The van der Waals surface area contributed by atoms with Gasteiger partial charge in [-0.2, -0.15) is 14.0 Å². The SMILES string of the molecule is N#Cc1c(N)nc2sc(C(N)=O)c(N)c2c1-c1ccc2nsnc2c1. The van der Waals surface area contributed by atoms with Crippen molar-refractivity contribution in [2.75, 3.05) is 11.5 Å². The van der Waals surface area contributed by atoms with Gasteiger partial charge in [0.25, 0.3) is 5.91 Å². The number of rotatable bonds is 2. The first-order chi connectivity index (χ1) is 12.0. The molecule has 0 fully saturated rings. The highest BCUT2D eigenvalue weighted by molar-refractivity contribution is 7.21. The molecule has 122 valence electrons. The Kier molecular flexibility index (Phi) is 3.28. The number of aromatic nitrogens is 3. The Labute approximate surface area is 148 Å². The maximum atomic E-state index is 11.6. The zero-order valence-electron chi connectivity index (χ0n) is 12.5. The van der Waals surface area contributed by atoms with Crippen LogP contribution in [-0.2, 0) is 0 Å². The van der Waals surface area contributed by atoms with Crippen molar-refractivity contribution in [3.63, 3.8) is 0 Å². The standard InChI is InChI=1S/C15H9N7OS2/c16-4-6-9(5-1-2-7-8(3-5)22-25-21-7)10-11(17)12(14(19)23)24-15(10)20-13(6)18/h1-3H,17H2,(H2,18,20)(H2,19,23). The Bertz CT molecular complexity index is 1220. The Morgan fingerprint density at radius 3 is 2.68 bits per heavy atom. The summed E-state index contributed by atoms with van der Waals surface area (Å²) in [5.74, 6) is -0.582. The molecule has 0 bridgehead atoms. The number of benzene rings is 1. The fraction of sp³-hybridized carbons (Fsp3) is 0. The fourth-order valence-corrected chi connectivity index (χ4v) is 4.17. The summed E-state index contributed by atoms with van der Waals surface area (Å²) in [6, 6.07) is 7.48. The summed E-state index contributed by atoms with van der Waals surface area (Å²) in [7, 11) is 0. The first kappa shape index (κ1) is 15.3. The van der Waals surface area contributed by atoms with E-state index in [1.54, 1.807) is 18.2 Å². The molecule has 25 heavy (non-hydrogen) atoms. The van der Waals surface area contributed by atoms with E-state index < -0.39 is 5.91 Å². The molecule has 0 spiro atoms. The van der Waals surface area contributed by atoms with Crippen LogP contribution in [0.2, 0.25) is 0 Å². The van der Waals surface area contributed by atoms with Crippen molar-refractivity contribution in [3.05, 3.63) is 28.6 Å². The average molecular weight is 367 g/mol. The number of amides is 1. The second kappa shape index (κ2) is 5.37. The van der Waals surface area contributed by atoms with Crippen molar-refractivity contribution in [2.45, 2.75) is 0 Å². The number of carbonyl (C=O) groups is 1. The molecule has 0 aliphatic rings. The summed E-state index contributed by atoms with van der Waals surface area (Å²) in [4.78, 5) is 16.5. The molecule has 8 nitrogen and oxygen atoms in total. The van der Waals surface area contributed by atoms with E-state index in [0.717, 1.165) is 28.6 Å². The van der Waals surface area contributed by atoms with Crippen LogP contribution in [0.3, 0.4) is 0 Å². The number of hydrogen-bond acceptors (Lipinski definition) is 9. The van der Waals surface area contributed by atoms with Gasteiger partial charge in [-0.15, -0.1) is 11.3 Å². The van der Waals surface area contributed by atoms with Gasteiger partial charge in [0, 0.05) is 10.9 Å². The number of anilines is 2. The number of carbonyl (C=O) groups excluding carboxylic acids is 1. The van der Waals surface area contributed by atoms with Crippen LogP contribution in [-0.4, -0.2) is 19.6 Å². The van der Waals surface area contributed by atoms with Crippen molar-refractivity contribution in [1.29, 1.82) is 5.26 Å². The lowest BCUT2D eigenvalue weighted by molar-refractivity contribution is 0.100. The molecular formula is C15H9N7OS2. The molecule has 0 saturated heterocycles. The predicted molar refractivity (Wildman–Crippen MR) is 98.1 cm³/mol. The topological polar surface area (TPSA) is 158 Å². The number of primary amides is 1. The summed E-state index contributed by atoms with van der Waals surface area (Å²) < 4.78 is 8.38. The summed E-state index contributed by atoms with van der Waals surface area (Å²) in [6.07, 6.45) is 0. The van der Waals surface area contributed by atoms with Crippen LogP contribution in [0.15, 0.2) is 18.2 Å². The number of hydrogen-bond donors (Lipinski definition) is 3. The molecular weight excluding hydrogens is 358 g/mol. The minimum atomic E-state index is -0.650. The number of thiophene rings is 1. The van der Waals surface area contributed by atoms with Crippen molar-refractivity contribution in [3.8, 4) is 17.2 Å². The van der Waals surface area contributed by atoms with Gasteiger partial charge in [-0.05, 0) is 17.7 Å². The molecule has 1 aromatic carbocycles. The third-order valence-electron chi connectivity index (χ3n) is 3.78. The Balaban J connectivity index is 2.16. The zero-order valence-corrected chi connectivity index (χ0v) is 14.1. The van der Waals surface area contributed by atoms with Crippen molar-refractivity contribution < 1.29 is 4.79 Å². The van der Waals surface area contributed by atoms with Crippen LogP contribution < -0.4 is 17.2 Å². The van der Waals surface area contributed by atoms with E-state index in [1.807, 2.05) is 0 Å². The van der Waals surface area contributed by atoms with Gasteiger partial charge in [0.2, 0.25) is 0 Å². The molecule has 0 atom stereocenters. The number of fused-ring (bicyclic) bond motifs is 2. The minimum Gasteiger partial charge on any atom is -0.397 e. The van der Waals surface area contributed by atoms with Crippen LogP contribution in [0.4, 0.5) is 11.5 Å². The summed E-state index contributed by atoms with van der Waals surface area (Å²) >= 11 is 2.15. The molecule has 6 N–H and O–H groups in total. The highest BCUT2D eigenvalue weighted by atomic mass is 32.1. The number of nitriles is 1. The van der Waals surface area contributed by atoms with Gasteiger partial charge >= 0.3 is 0 Å². The lowest BCUT2D eigenvalue weighted by atomic mass is 9.97. The maximum absolute atomic E-state index is 11.6. The molecule has 3 heterocycles. The van der Waals surface area contributed by atoms with Crippen LogP contribution in [0.5, 0.6) is 0 Å². The quantitative estimate of drug-likeness (QED) is 0.489. The number of nitrogens with zero attached hydrogens (tertiary/aromatic N) is 4. The van der Waals surface area contributed by atoms with E-state index in [0.29, 0.717) is 26.9 Å². The van der Waals surface area contributed by atoms with Gasteiger partial charge in [-0.25, -0.2) is 4.98 Å². The number of pyridine rings is 1. The van der Waals surface area contributed by atoms with Gasteiger partial charge in [0.15, 0.2) is 0 Å². The highest BCUT2D eigenvalue weighted by Crippen LogP contribution is 2.42. The van der Waals surface area contributed by atoms with Crippen molar-refractivity contribution in [2.24, 2.45) is 5.73 Å². The van der Waals surface area contributed by atoms with Gasteiger partial charge in [0.05, 0.1) is 17.4 Å². The Hall–Kier alpha value is -3.29. The molecule has 10 heteroatoms. The van der Waals surface area contributed by atoms with Gasteiger partial charge < -0.3 is 17.2 Å². The minimum absolute atomic E-state index is 0.0683. The summed E-state index contributed by atoms with van der Waals surface area (Å²) in [6.45, 7) is 0. The largest absolute Gasteiger partial charge is 0.397 e. The second-order valence-corrected chi connectivity index (χ2v) is 6.74. The normalized spacial score (nSPS) is 11.0. The lowest BCUT2D eigenvalue weighted by Crippen LogP contribution is -2.10. The third kappa shape index (κ3) is 2.18. The third-order valence-corrected chi connectivity index (χ3v) is 5.45. The predicted octanol–water partition coefficient (Wildman–Crippen LogP) is 2.10. The van der Waals surface area contributed by atoms with E-state index in [4.69, 9.17) is 17.2 Å². The smallest absolute Gasteiger partial charge is 0.260 e. The molecule has 0 aliphatic heterocycles. The first-order valence-corrected chi connectivity index (χ1v) is 8.50. The van der Waals surface area contributed by atoms with E-state index in [9.17, 15) is 10.1 Å². The molecule has 0 radical (unpaired) electrons. The molecule has 0 saturated carbocycles. The summed E-state index contributed by atoms with van der Waals surface area (Å²) in [5.41, 5.74) is 20.5. The Morgan fingerprint density at radius 2 is 1.96 bits per heavy atom. The van der Waals surface area contributed by atoms with Crippen LogP contribution >= 0.6 is 23.1 Å². The van der Waals surface area contributed by atoms with E-state index in [2.05, 4.69) is 19.8 Å². The Morgan fingerprint density at radius 1 is 1.20 bits per heavy atom. The summed E-state index contributed by atoms with van der Waals surface area (Å²) in [5, 5.41) is 10.1. The average Bonchev–Trinajstić information content (AvgIpc) is 3.17. The molecule has 0 aliphatic carbocycles. The van der Waals surface area contributed by atoms with Crippen LogP contribution in [0, 0.1) is 11.3 Å². The van der Waals surface area contributed by atoms with Gasteiger partial charge in [-0.1, -0.05) is 6.07 Å². The van der Waals surface area contributed by atoms with Crippen molar-refractivity contribution in [1.82, 2.24) is 13.7 Å². The molecule has 3 aromatic heterocycles. The molecule has 0 unspecified atom stereocenters. The molecule has 4 rings (SSSR count).